The van der Waals surface area contributed by atoms with Crippen LogP contribution in [-0.4, -0.2) is 17.3 Å². The van der Waals surface area contributed by atoms with Crippen LogP contribution in [0.4, 0.5) is 18.9 Å². The van der Waals surface area contributed by atoms with Crippen molar-refractivity contribution in [1.29, 1.82) is 0 Å². The highest BCUT2D eigenvalue weighted by Gasteiger charge is 2.25. The third kappa shape index (κ3) is 2.72. The zero-order chi connectivity index (χ0) is 12.4. The van der Waals surface area contributed by atoms with E-state index in [2.05, 4.69) is 5.32 Å². The van der Waals surface area contributed by atoms with Crippen LogP contribution in [0.1, 0.15) is 25.7 Å². The highest BCUT2D eigenvalue weighted by molar-refractivity contribution is 5.47. The maximum Gasteiger partial charge on any atom is 0.152 e. The minimum absolute atomic E-state index is 0.364. The average Bonchev–Trinajstić information content (AvgIpc) is 2.25. The van der Waals surface area contributed by atoms with E-state index in [0.29, 0.717) is 25.0 Å². The van der Waals surface area contributed by atoms with Crippen LogP contribution in [-0.2, 0) is 0 Å². The number of benzene rings is 1. The first-order valence-corrected chi connectivity index (χ1v) is 5.67. The van der Waals surface area contributed by atoms with E-state index < -0.39 is 23.6 Å². The number of anilines is 1. The minimum atomic E-state index is -0.972. The Kier molecular flexibility index (Phi) is 3.57. The second-order valence-electron chi connectivity index (χ2n) is 4.35. The van der Waals surface area contributed by atoms with Crippen molar-refractivity contribution in [2.24, 2.45) is 0 Å². The van der Waals surface area contributed by atoms with Gasteiger partial charge >= 0.3 is 0 Å². The molecule has 94 valence electrons. The highest BCUT2D eigenvalue weighted by atomic mass is 19.1. The van der Waals surface area contributed by atoms with Gasteiger partial charge in [-0.15, -0.1) is 0 Å². The van der Waals surface area contributed by atoms with Gasteiger partial charge in [-0.2, -0.15) is 0 Å². The molecule has 0 unspecified atom stereocenters. The van der Waals surface area contributed by atoms with Crippen LogP contribution in [0.3, 0.4) is 0 Å². The zero-order valence-corrected chi connectivity index (χ0v) is 9.22. The number of nitrogens with one attached hydrogen (secondary N) is 1. The number of halogens is 3. The van der Waals surface area contributed by atoms with Crippen LogP contribution in [0.25, 0.3) is 0 Å². The molecule has 1 fully saturated rings. The minimum Gasteiger partial charge on any atom is -0.391 e. The molecule has 2 nitrogen and oxygen atoms in total. The summed E-state index contributed by atoms with van der Waals surface area (Å²) < 4.78 is 39.4. The number of aliphatic hydroxyl groups excluding tert-OH is 1. The maximum absolute atomic E-state index is 13.4. The van der Waals surface area contributed by atoms with Crippen LogP contribution in [0.2, 0.25) is 0 Å². The lowest BCUT2D eigenvalue weighted by Crippen LogP contribution is -2.36. The van der Waals surface area contributed by atoms with E-state index in [0.717, 1.165) is 12.8 Å². The van der Waals surface area contributed by atoms with E-state index in [1.165, 1.54) is 0 Å². The summed E-state index contributed by atoms with van der Waals surface area (Å²) in [4.78, 5) is 0. The Balaban J connectivity index is 2.17. The SMILES string of the molecule is O[C@H]1CCCC[C@@H]1Nc1c(F)cc(F)cc1F. The summed E-state index contributed by atoms with van der Waals surface area (Å²) in [5.74, 6) is -2.89. The summed E-state index contributed by atoms with van der Waals surface area (Å²) in [5.41, 5.74) is -0.364. The summed E-state index contributed by atoms with van der Waals surface area (Å²) in [6.07, 6.45) is 2.46. The smallest absolute Gasteiger partial charge is 0.152 e. The Hall–Kier alpha value is -1.23. The zero-order valence-electron chi connectivity index (χ0n) is 9.22. The van der Waals surface area contributed by atoms with Crippen LogP contribution >= 0.6 is 0 Å². The average molecular weight is 245 g/mol. The van der Waals surface area contributed by atoms with E-state index >= 15 is 0 Å². The molecule has 0 spiro atoms. The van der Waals surface area contributed by atoms with Gasteiger partial charge in [0.2, 0.25) is 0 Å². The summed E-state index contributed by atoms with van der Waals surface area (Å²) in [7, 11) is 0. The molecule has 2 rings (SSSR count). The second kappa shape index (κ2) is 4.96. The molecule has 0 aliphatic heterocycles. The van der Waals surface area contributed by atoms with Gasteiger partial charge in [-0.25, -0.2) is 13.2 Å². The first-order chi connectivity index (χ1) is 8.08. The summed E-state index contributed by atoms with van der Waals surface area (Å²) in [6.45, 7) is 0. The Morgan fingerprint density at radius 1 is 1.06 bits per heavy atom. The first-order valence-electron chi connectivity index (χ1n) is 5.67. The fourth-order valence-electron chi connectivity index (χ4n) is 2.15. The van der Waals surface area contributed by atoms with Crippen molar-refractivity contribution in [3.05, 3.63) is 29.6 Å². The molecule has 1 aromatic carbocycles. The Labute approximate surface area is 97.5 Å². The van der Waals surface area contributed by atoms with Crippen LogP contribution < -0.4 is 5.32 Å². The van der Waals surface area contributed by atoms with Gasteiger partial charge in [0, 0.05) is 12.1 Å². The van der Waals surface area contributed by atoms with E-state index in [4.69, 9.17) is 0 Å². The normalized spacial score (nSPS) is 24.7. The van der Waals surface area contributed by atoms with Crippen molar-refractivity contribution in [3.8, 4) is 0 Å². The molecular weight excluding hydrogens is 231 g/mol. The van der Waals surface area contributed by atoms with Crippen molar-refractivity contribution in [2.75, 3.05) is 5.32 Å². The second-order valence-corrected chi connectivity index (χ2v) is 4.35. The van der Waals surface area contributed by atoms with Crippen molar-refractivity contribution in [3.63, 3.8) is 0 Å². The van der Waals surface area contributed by atoms with Gasteiger partial charge in [0.15, 0.2) is 11.6 Å². The Morgan fingerprint density at radius 2 is 1.65 bits per heavy atom. The molecule has 0 heterocycles. The number of hydrogen-bond acceptors (Lipinski definition) is 2. The molecule has 2 atom stereocenters. The van der Waals surface area contributed by atoms with E-state index in [1.807, 2.05) is 0 Å². The quantitative estimate of drug-likeness (QED) is 0.839. The van der Waals surface area contributed by atoms with Crippen LogP contribution in [0, 0.1) is 17.5 Å². The third-order valence-electron chi connectivity index (χ3n) is 3.07. The monoisotopic (exact) mass is 245 g/mol. The van der Waals surface area contributed by atoms with Gasteiger partial charge in [-0.3, -0.25) is 0 Å². The van der Waals surface area contributed by atoms with Crippen LogP contribution in [0.15, 0.2) is 12.1 Å². The number of aliphatic hydroxyl groups is 1. The predicted molar refractivity (Wildman–Crippen MR) is 58.2 cm³/mol. The summed E-state index contributed by atoms with van der Waals surface area (Å²) >= 11 is 0. The third-order valence-corrected chi connectivity index (χ3v) is 3.07. The predicted octanol–water partition coefficient (Wildman–Crippen LogP) is 2.82. The van der Waals surface area contributed by atoms with Crippen molar-refractivity contribution < 1.29 is 18.3 Å². The van der Waals surface area contributed by atoms with E-state index in [1.54, 1.807) is 0 Å². The molecule has 17 heavy (non-hydrogen) atoms. The van der Waals surface area contributed by atoms with Gasteiger partial charge < -0.3 is 10.4 Å². The molecule has 1 saturated carbocycles. The topological polar surface area (TPSA) is 32.3 Å². The van der Waals surface area contributed by atoms with E-state index in [-0.39, 0.29) is 11.7 Å². The fourth-order valence-corrected chi connectivity index (χ4v) is 2.15. The molecular formula is C12H14F3NO. The molecule has 0 bridgehead atoms. The first kappa shape index (κ1) is 12.2. The fraction of sp³-hybridized carbons (Fsp3) is 0.500. The van der Waals surface area contributed by atoms with E-state index in [9.17, 15) is 18.3 Å². The Morgan fingerprint density at radius 3 is 2.24 bits per heavy atom. The lowest BCUT2D eigenvalue weighted by molar-refractivity contribution is 0.116. The number of hydrogen-bond donors (Lipinski definition) is 2. The lowest BCUT2D eigenvalue weighted by atomic mass is 9.92. The molecule has 1 aliphatic carbocycles. The van der Waals surface area contributed by atoms with Gasteiger partial charge in [-0.1, -0.05) is 12.8 Å². The lowest BCUT2D eigenvalue weighted by Gasteiger charge is -2.29. The summed E-state index contributed by atoms with van der Waals surface area (Å²) in [6, 6.07) is 0.875. The molecule has 1 aliphatic rings. The molecule has 0 saturated heterocycles. The molecule has 0 amide bonds. The molecule has 0 radical (unpaired) electrons. The van der Waals surface area contributed by atoms with Gasteiger partial charge in [0.1, 0.15) is 11.5 Å². The van der Waals surface area contributed by atoms with Gasteiger partial charge in [0.05, 0.1) is 12.1 Å². The molecule has 5 heteroatoms. The van der Waals surface area contributed by atoms with Crippen molar-refractivity contribution >= 4 is 5.69 Å². The molecule has 1 aromatic rings. The van der Waals surface area contributed by atoms with Crippen LogP contribution in [0.5, 0.6) is 0 Å². The maximum atomic E-state index is 13.4. The summed E-state index contributed by atoms with van der Waals surface area (Å²) in [5, 5.41) is 12.3. The number of rotatable bonds is 2. The van der Waals surface area contributed by atoms with Gasteiger partial charge in [0.25, 0.3) is 0 Å². The molecule has 0 aromatic heterocycles. The van der Waals surface area contributed by atoms with Crippen molar-refractivity contribution in [1.82, 2.24) is 0 Å². The van der Waals surface area contributed by atoms with Gasteiger partial charge in [-0.05, 0) is 12.8 Å². The van der Waals surface area contributed by atoms with Crippen molar-refractivity contribution in [2.45, 2.75) is 37.8 Å². The molecule has 2 N–H and O–H groups in total. The standard InChI is InChI=1S/C12H14F3NO/c13-7-5-8(14)12(9(15)6-7)16-10-3-1-2-4-11(10)17/h5-6,10-11,16-17H,1-4H2/t10-,11-/m0/s1. The largest absolute Gasteiger partial charge is 0.391 e. The highest BCUT2D eigenvalue weighted by Crippen LogP contribution is 2.26. The Bertz CT molecular complexity index is 388.